The molecule has 1 aliphatic heterocycles. The third-order valence-electron chi connectivity index (χ3n) is 3.85. The molecule has 0 atom stereocenters. The van der Waals surface area contributed by atoms with E-state index in [1.54, 1.807) is 0 Å². The first kappa shape index (κ1) is 14.0. The summed E-state index contributed by atoms with van der Waals surface area (Å²) in [7, 11) is -1.94. The fraction of sp³-hybridized carbons (Fsp3) is 0.625. The van der Waals surface area contributed by atoms with Crippen LogP contribution in [0.3, 0.4) is 0 Å². The predicted octanol–water partition coefficient (Wildman–Crippen LogP) is 3.93. The molecule has 0 aromatic heterocycles. The van der Waals surface area contributed by atoms with Gasteiger partial charge in [-0.15, -0.1) is 0 Å². The molecule has 0 aliphatic carbocycles. The van der Waals surface area contributed by atoms with Gasteiger partial charge in [0.1, 0.15) is 0 Å². The molecule has 1 N–H and O–H groups in total. The molecule has 0 spiro atoms. The summed E-state index contributed by atoms with van der Waals surface area (Å²) in [5.74, 6) is 0. The number of benzene rings is 1. The summed E-state index contributed by atoms with van der Waals surface area (Å²) >= 11 is 0. The molecular formula is C16H27OP. The molecule has 18 heavy (non-hydrogen) atoms. The van der Waals surface area contributed by atoms with Crippen LogP contribution in [0.5, 0.6) is 0 Å². The molecule has 1 aliphatic rings. The number of aryl methyl sites for hydroxylation is 2. The second kappa shape index (κ2) is 4.62. The van der Waals surface area contributed by atoms with Crippen molar-refractivity contribution in [2.24, 2.45) is 5.41 Å². The van der Waals surface area contributed by atoms with E-state index < -0.39 is 7.49 Å². The fourth-order valence-electron chi connectivity index (χ4n) is 3.03. The SMILES string of the molecule is Cc1cc(CC(C)(C)C)cc2c1C[PH](C)(O)CC2. The molecule has 0 saturated carbocycles. The number of fused-ring (bicyclic) bond motifs is 1. The van der Waals surface area contributed by atoms with Crippen molar-refractivity contribution in [3.63, 3.8) is 0 Å². The summed E-state index contributed by atoms with van der Waals surface area (Å²) in [6.45, 7) is 11.2. The van der Waals surface area contributed by atoms with Crippen molar-refractivity contribution >= 4 is 7.49 Å². The molecule has 0 unspecified atom stereocenters. The Morgan fingerprint density at radius 3 is 2.56 bits per heavy atom. The quantitative estimate of drug-likeness (QED) is 0.764. The first-order chi connectivity index (χ1) is 8.16. The van der Waals surface area contributed by atoms with E-state index in [1.807, 2.05) is 0 Å². The van der Waals surface area contributed by atoms with Gasteiger partial charge in [0, 0.05) is 0 Å². The van der Waals surface area contributed by atoms with Crippen molar-refractivity contribution in [3.05, 3.63) is 34.4 Å². The second-order valence-corrected chi connectivity index (χ2v) is 11.3. The van der Waals surface area contributed by atoms with Crippen LogP contribution in [0.15, 0.2) is 12.1 Å². The Bertz CT molecular complexity index is 455. The summed E-state index contributed by atoms with van der Waals surface area (Å²) in [5, 5.41) is 0. The van der Waals surface area contributed by atoms with Gasteiger partial charge in [0.15, 0.2) is 0 Å². The Balaban J connectivity index is 2.33. The van der Waals surface area contributed by atoms with Crippen molar-refractivity contribution in [3.8, 4) is 0 Å². The topological polar surface area (TPSA) is 20.2 Å². The second-order valence-electron chi connectivity index (χ2n) is 7.46. The molecular weight excluding hydrogens is 239 g/mol. The Labute approximate surface area is 112 Å². The maximum absolute atomic E-state index is 10.3. The normalized spacial score (nSPS) is 20.3. The molecule has 0 radical (unpaired) electrons. The Kier molecular flexibility index (Phi) is 3.60. The number of hydrogen-bond donors (Lipinski definition) is 1. The van der Waals surface area contributed by atoms with Crippen LogP contribution < -0.4 is 0 Å². The van der Waals surface area contributed by atoms with Crippen molar-refractivity contribution < 1.29 is 4.89 Å². The average Bonchev–Trinajstić information content (AvgIpc) is 2.16. The van der Waals surface area contributed by atoms with Crippen LogP contribution in [0.1, 0.15) is 43.0 Å². The molecule has 2 heteroatoms. The van der Waals surface area contributed by atoms with E-state index in [0.29, 0.717) is 5.41 Å². The number of rotatable bonds is 1. The van der Waals surface area contributed by atoms with Gasteiger partial charge in [-0.25, -0.2) is 0 Å². The van der Waals surface area contributed by atoms with Gasteiger partial charge in [-0.3, -0.25) is 0 Å². The summed E-state index contributed by atoms with van der Waals surface area (Å²) in [5.41, 5.74) is 6.13. The van der Waals surface area contributed by atoms with Gasteiger partial charge in [-0.1, -0.05) is 0 Å². The molecule has 102 valence electrons. The van der Waals surface area contributed by atoms with Crippen molar-refractivity contribution in [2.45, 2.75) is 46.7 Å². The molecule has 1 aromatic rings. The monoisotopic (exact) mass is 266 g/mol. The predicted molar refractivity (Wildman–Crippen MR) is 83.1 cm³/mol. The summed E-state index contributed by atoms with van der Waals surface area (Å²) in [4.78, 5) is 10.3. The van der Waals surface area contributed by atoms with Gasteiger partial charge in [-0.05, 0) is 0 Å². The van der Waals surface area contributed by atoms with Gasteiger partial charge in [0.2, 0.25) is 0 Å². The standard InChI is InChI=1S/C16H27OP/c1-12-8-13(10-16(2,3)4)9-14-6-7-18(5,17)11-15(12)14/h8-9,17-18H,6-7,10-11H2,1-5H3. The third-order valence-corrected chi connectivity index (χ3v) is 6.29. The molecule has 1 nitrogen and oxygen atoms in total. The van der Waals surface area contributed by atoms with Crippen LogP contribution in [-0.2, 0) is 19.0 Å². The Morgan fingerprint density at radius 1 is 1.28 bits per heavy atom. The van der Waals surface area contributed by atoms with Gasteiger partial charge < -0.3 is 0 Å². The number of hydrogen-bond acceptors (Lipinski definition) is 1. The third kappa shape index (κ3) is 3.33. The molecule has 2 rings (SSSR count). The summed E-state index contributed by atoms with van der Waals surface area (Å²) < 4.78 is 0. The first-order valence-corrected chi connectivity index (χ1v) is 9.86. The molecule has 0 amide bonds. The van der Waals surface area contributed by atoms with Crippen LogP contribution in [0.4, 0.5) is 0 Å². The van der Waals surface area contributed by atoms with Crippen molar-refractivity contribution in [1.82, 2.24) is 0 Å². The van der Waals surface area contributed by atoms with Crippen LogP contribution in [0.2, 0.25) is 0 Å². The van der Waals surface area contributed by atoms with E-state index in [0.717, 1.165) is 25.2 Å². The van der Waals surface area contributed by atoms with Gasteiger partial charge in [0.05, 0.1) is 0 Å². The fourth-order valence-corrected chi connectivity index (χ4v) is 5.29. The van der Waals surface area contributed by atoms with E-state index in [1.165, 1.54) is 22.3 Å². The van der Waals surface area contributed by atoms with E-state index in [9.17, 15) is 4.89 Å². The Morgan fingerprint density at radius 2 is 1.94 bits per heavy atom. The van der Waals surface area contributed by atoms with E-state index >= 15 is 0 Å². The van der Waals surface area contributed by atoms with Crippen molar-refractivity contribution in [2.75, 3.05) is 12.8 Å². The van der Waals surface area contributed by atoms with Gasteiger partial charge in [-0.2, -0.15) is 0 Å². The zero-order valence-electron chi connectivity index (χ0n) is 12.4. The van der Waals surface area contributed by atoms with Crippen LogP contribution in [-0.4, -0.2) is 17.7 Å². The van der Waals surface area contributed by atoms with Crippen LogP contribution >= 0.6 is 7.49 Å². The van der Waals surface area contributed by atoms with Gasteiger partial charge >= 0.3 is 112 Å². The first-order valence-electron chi connectivity index (χ1n) is 7.00. The van der Waals surface area contributed by atoms with E-state index in [-0.39, 0.29) is 0 Å². The van der Waals surface area contributed by atoms with Crippen molar-refractivity contribution in [1.29, 1.82) is 0 Å². The van der Waals surface area contributed by atoms with Crippen LogP contribution in [0.25, 0.3) is 0 Å². The summed E-state index contributed by atoms with van der Waals surface area (Å²) in [6.07, 6.45) is 4.19. The van der Waals surface area contributed by atoms with Crippen LogP contribution in [0, 0.1) is 12.3 Å². The minimum atomic E-state index is -1.94. The minimum absolute atomic E-state index is 0.343. The van der Waals surface area contributed by atoms with Gasteiger partial charge in [0.25, 0.3) is 0 Å². The summed E-state index contributed by atoms with van der Waals surface area (Å²) in [6, 6.07) is 4.72. The molecule has 0 bridgehead atoms. The molecule has 0 fully saturated rings. The molecule has 1 heterocycles. The Hall–Kier alpha value is -0.390. The average molecular weight is 266 g/mol. The molecule has 1 aromatic carbocycles. The zero-order chi connectivity index (χ0) is 13.6. The maximum atomic E-state index is 10.3. The van der Waals surface area contributed by atoms with E-state index in [4.69, 9.17) is 0 Å². The molecule has 0 saturated heterocycles. The zero-order valence-corrected chi connectivity index (χ0v) is 13.4. The van der Waals surface area contributed by atoms with E-state index in [2.05, 4.69) is 46.5 Å².